The molecule has 0 aliphatic carbocycles. The van der Waals surface area contributed by atoms with Crippen LogP contribution in [0.2, 0.25) is 0 Å². The summed E-state index contributed by atoms with van der Waals surface area (Å²) in [6.45, 7) is 0.233. The summed E-state index contributed by atoms with van der Waals surface area (Å²) in [6, 6.07) is 18.4. The first-order chi connectivity index (χ1) is 14.2. The lowest BCUT2D eigenvalue weighted by molar-refractivity contribution is -0.0353. The monoisotopic (exact) mass is 389 g/mol. The third-order valence-electron chi connectivity index (χ3n) is 4.39. The van der Waals surface area contributed by atoms with Crippen LogP contribution in [0.15, 0.2) is 73.3 Å². The Morgan fingerprint density at radius 2 is 1.72 bits per heavy atom. The number of rotatable bonds is 7. The first-order valence-electron chi connectivity index (χ1n) is 9.02. The van der Waals surface area contributed by atoms with Crippen molar-refractivity contribution in [2.75, 3.05) is 12.3 Å². The van der Waals surface area contributed by atoms with Crippen molar-refractivity contribution in [3.8, 4) is 0 Å². The summed E-state index contributed by atoms with van der Waals surface area (Å²) < 4.78 is 13.3. The first kappa shape index (κ1) is 18.6. The van der Waals surface area contributed by atoms with Gasteiger partial charge in [0.1, 0.15) is 31.3 Å². The highest BCUT2D eigenvalue weighted by molar-refractivity contribution is 5.89. The van der Waals surface area contributed by atoms with Gasteiger partial charge in [0, 0.05) is 0 Å². The number of aromatic nitrogens is 4. The molecule has 4 aromatic rings. The lowest BCUT2D eigenvalue weighted by Gasteiger charge is -2.19. The highest BCUT2D eigenvalue weighted by atomic mass is 16.6. The quantitative estimate of drug-likeness (QED) is 0.484. The predicted molar refractivity (Wildman–Crippen MR) is 107 cm³/mol. The molecule has 2 heterocycles. The van der Waals surface area contributed by atoms with E-state index in [1.165, 1.54) is 6.33 Å². The molecule has 8 heteroatoms. The van der Waals surface area contributed by atoms with Crippen molar-refractivity contribution >= 4 is 23.0 Å². The molecule has 2 N–H and O–H groups in total. The summed E-state index contributed by atoms with van der Waals surface area (Å²) in [5.74, 6) is -0.0890. The Morgan fingerprint density at radius 1 is 1.00 bits per heavy atom. The topological polar surface area (TPSA) is 105 Å². The van der Waals surface area contributed by atoms with Crippen LogP contribution in [0.5, 0.6) is 0 Å². The van der Waals surface area contributed by atoms with Gasteiger partial charge in [0.2, 0.25) is 0 Å². The molecule has 0 amide bonds. The van der Waals surface area contributed by atoms with Crippen molar-refractivity contribution in [1.82, 2.24) is 19.5 Å². The van der Waals surface area contributed by atoms with E-state index in [1.807, 2.05) is 36.4 Å². The second-order valence-electron chi connectivity index (χ2n) is 6.31. The molecule has 8 nitrogen and oxygen atoms in total. The first-order valence-corrected chi connectivity index (χ1v) is 9.02. The van der Waals surface area contributed by atoms with Gasteiger partial charge in [0.25, 0.3) is 0 Å². The predicted octanol–water partition coefficient (Wildman–Crippen LogP) is 2.98. The fraction of sp³-hybridized carbons (Fsp3) is 0.143. The Labute approximate surface area is 166 Å². The maximum Gasteiger partial charge on any atom is 0.338 e. The molecule has 0 saturated carbocycles. The SMILES string of the molecule is Nc1ncnc2c1ncn2COC(COC(=O)c1ccccc1)c1ccccc1. The van der Waals surface area contributed by atoms with E-state index < -0.39 is 12.1 Å². The number of hydrogen-bond acceptors (Lipinski definition) is 7. The number of imidazole rings is 1. The number of hydrogen-bond donors (Lipinski definition) is 1. The Hall–Kier alpha value is -3.78. The van der Waals surface area contributed by atoms with E-state index in [9.17, 15) is 4.79 Å². The summed E-state index contributed by atoms with van der Waals surface area (Å²) >= 11 is 0. The van der Waals surface area contributed by atoms with Gasteiger partial charge in [-0.3, -0.25) is 4.57 Å². The molecule has 0 saturated heterocycles. The summed E-state index contributed by atoms with van der Waals surface area (Å²) in [6.07, 6.45) is 2.51. The van der Waals surface area contributed by atoms with Crippen LogP contribution in [-0.2, 0) is 16.2 Å². The number of nitrogens with zero attached hydrogens (tertiary/aromatic N) is 4. The van der Waals surface area contributed by atoms with E-state index in [-0.39, 0.29) is 13.3 Å². The Morgan fingerprint density at radius 3 is 2.48 bits per heavy atom. The summed E-state index contributed by atoms with van der Waals surface area (Å²) in [4.78, 5) is 24.7. The number of esters is 1. The molecule has 4 rings (SSSR count). The second kappa shape index (κ2) is 8.49. The van der Waals surface area contributed by atoms with Gasteiger partial charge in [-0.2, -0.15) is 0 Å². The molecular formula is C21H19N5O3. The largest absolute Gasteiger partial charge is 0.459 e. The molecule has 1 atom stereocenters. The van der Waals surface area contributed by atoms with Gasteiger partial charge in [-0.05, 0) is 17.7 Å². The zero-order valence-electron chi connectivity index (χ0n) is 15.5. The highest BCUT2D eigenvalue weighted by Gasteiger charge is 2.17. The average Bonchev–Trinajstić information content (AvgIpc) is 3.19. The van der Waals surface area contributed by atoms with Gasteiger partial charge in [-0.15, -0.1) is 0 Å². The Bertz CT molecular complexity index is 1100. The molecule has 0 aliphatic rings. The number of benzene rings is 2. The molecule has 0 radical (unpaired) electrons. The van der Waals surface area contributed by atoms with Crippen LogP contribution >= 0.6 is 0 Å². The van der Waals surface area contributed by atoms with Crippen molar-refractivity contribution in [2.45, 2.75) is 12.8 Å². The molecule has 1 unspecified atom stereocenters. The maximum atomic E-state index is 12.3. The molecular weight excluding hydrogens is 370 g/mol. The van der Waals surface area contributed by atoms with E-state index in [4.69, 9.17) is 15.2 Å². The lowest BCUT2D eigenvalue weighted by atomic mass is 10.1. The van der Waals surface area contributed by atoms with E-state index in [0.717, 1.165) is 5.56 Å². The van der Waals surface area contributed by atoms with E-state index in [0.29, 0.717) is 22.5 Å². The van der Waals surface area contributed by atoms with E-state index in [1.54, 1.807) is 35.2 Å². The minimum Gasteiger partial charge on any atom is -0.459 e. The smallest absolute Gasteiger partial charge is 0.338 e. The summed E-state index contributed by atoms with van der Waals surface area (Å²) in [7, 11) is 0. The van der Waals surface area contributed by atoms with Crippen LogP contribution in [0, 0.1) is 0 Å². The zero-order valence-corrected chi connectivity index (χ0v) is 15.5. The van der Waals surface area contributed by atoms with Gasteiger partial charge < -0.3 is 15.2 Å². The van der Waals surface area contributed by atoms with Crippen molar-refractivity contribution in [3.05, 3.63) is 84.4 Å². The van der Waals surface area contributed by atoms with Gasteiger partial charge >= 0.3 is 5.97 Å². The molecule has 29 heavy (non-hydrogen) atoms. The Balaban J connectivity index is 1.49. The number of carbonyl (C=O) groups excluding carboxylic acids is 1. The van der Waals surface area contributed by atoms with Crippen LogP contribution in [-0.4, -0.2) is 32.1 Å². The maximum absolute atomic E-state index is 12.3. The Kier molecular flexibility index (Phi) is 5.44. The third-order valence-corrected chi connectivity index (χ3v) is 4.39. The molecule has 0 bridgehead atoms. The lowest BCUT2D eigenvalue weighted by Crippen LogP contribution is -2.17. The number of nitrogens with two attached hydrogens (primary N) is 1. The molecule has 2 aromatic carbocycles. The van der Waals surface area contributed by atoms with Gasteiger partial charge in [-0.25, -0.2) is 19.7 Å². The van der Waals surface area contributed by atoms with Crippen molar-refractivity contribution in [1.29, 1.82) is 0 Å². The second-order valence-corrected chi connectivity index (χ2v) is 6.31. The fourth-order valence-electron chi connectivity index (χ4n) is 2.88. The number of nitrogen functional groups attached to an aromatic ring is 1. The number of anilines is 1. The van der Waals surface area contributed by atoms with E-state index >= 15 is 0 Å². The molecule has 146 valence electrons. The van der Waals surface area contributed by atoms with Crippen molar-refractivity contribution in [3.63, 3.8) is 0 Å². The van der Waals surface area contributed by atoms with Crippen LogP contribution in [0.1, 0.15) is 22.0 Å². The van der Waals surface area contributed by atoms with Gasteiger partial charge in [-0.1, -0.05) is 48.5 Å². The van der Waals surface area contributed by atoms with Gasteiger partial charge in [0.15, 0.2) is 11.5 Å². The minimum absolute atomic E-state index is 0.0709. The standard InChI is InChI=1S/C21H19N5O3/c22-19-18-20(24-12-23-19)26(13-25-18)14-29-17(15-7-3-1-4-8-15)11-28-21(27)16-9-5-2-6-10-16/h1-10,12-13,17H,11,14H2,(H2,22,23,24). The summed E-state index contributed by atoms with van der Waals surface area (Å²) in [5, 5.41) is 0. The van der Waals surface area contributed by atoms with Crippen LogP contribution in [0.25, 0.3) is 11.2 Å². The normalized spacial score (nSPS) is 12.0. The van der Waals surface area contributed by atoms with Gasteiger partial charge in [0.05, 0.1) is 11.9 Å². The molecule has 0 spiro atoms. The van der Waals surface area contributed by atoms with E-state index in [2.05, 4.69) is 15.0 Å². The molecule has 0 fully saturated rings. The average molecular weight is 389 g/mol. The molecule has 2 aromatic heterocycles. The number of carbonyl (C=O) groups is 1. The molecule has 0 aliphatic heterocycles. The van der Waals surface area contributed by atoms with Crippen LogP contribution in [0.3, 0.4) is 0 Å². The van der Waals surface area contributed by atoms with Crippen LogP contribution < -0.4 is 5.73 Å². The highest BCUT2D eigenvalue weighted by Crippen LogP contribution is 2.21. The summed E-state index contributed by atoms with van der Waals surface area (Å²) in [5.41, 5.74) is 8.31. The zero-order chi connectivity index (χ0) is 20.1. The number of ether oxygens (including phenoxy) is 2. The van der Waals surface area contributed by atoms with Crippen molar-refractivity contribution in [2.24, 2.45) is 0 Å². The van der Waals surface area contributed by atoms with Crippen LogP contribution in [0.4, 0.5) is 5.82 Å². The minimum atomic E-state index is -0.458. The fourth-order valence-corrected chi connectivity index (χ4v) is 2.88. The van der Waals surface area contributed by atoms with Crippen molar-refractivity contribution < 1.29 is 14.3 Å². The third kappa shape index (κ3) is 4.22. The number of fused-ring (bicyclic) bond motifs is 1.